The van der Waals surface area contributed by atoms with Gasteiger partial charge in [0.15, 0.2) is 0 Å². The van der Waals surface area contributed by atoms with Gasteiger partial charge in [-0.25, -0.2) is 4.39 Å². The number of rotatable bonds is 2. The van der Waals surface area contributed by atoms with Crippen molar-refractivity contribution in [3.63, 3.8) is 0 Å². The number of nitrogens with one attached hydrogen (secondary N) is 1. The molecule has 0 spiro atoms. The zero-order valence-electron chi connectivity index (χ0n) is 9.95. The van der Waals surface area contributed by atoms with E-state index in [4.69, 9.17) is 5.26 Å². The molecule has 0 unspecified atom stereocenters. The number of carbonyl (C=O) groups excluding carboxylic acids is 1. The van der Waals surface area contributed by atoms with Crippen LogP contribution in [0.4, 0.5) is 10.1 Å². The molecule has 0 aromatic heterocycles. The SMILES string of the molecule is N#Cc1cc(Br)ccc1NC(=O)c1ccc(Br)c(F)c1. The van der Waals surface area contributed by atoms with Gasteiger partial charge < -0.3 is 5.32 Å². The molecule has 2 aromatic carbocycles. The fourth-order valence-corrected chi connectivity index (χ4v) is 2.16. The van der Waals surface area contributed by atoms with Crippen molar-refractivity contribution in [3.8, 4) is 6.07 Å². The number of amides is 1. The molecule has 2 aromatic rings. The van der Waals surface area contributed by atoms with Gasteiger partial charge in [-0.2, -0.15) is 5.26 Å². The number of hydrogen-bond acceptors (Lipinski definition) is 2. The highest BCUT2D eigenvalue weighted by Gasteiger charge is 2.11. The molecule has 0 saturated carbocycles. The fourth-order valence-electron chi connectivity index (χ4n) is 1.55. The Labute approximate surface area is 131 Å². The second-order valence-corrected chi connectivity index (χ2v) is 5.65. The molecular formula is C14H7Br2FN2O. The van der Waals surface area contributed by atoms with E-state index in [1.165, 1.54) is 12.1 Å². The van der Waals surface area contributed by atoms with Crippen LogP contribution in [-0.4, -0.2) is 5.91 Å². The molecule has 0 fully saturated rings. The van der Waals surface area contributed by atoms with Crippen LogP contribution >= 0.6 is 31.9 Å². The van der Waals surface area contributed by atoms with Gasteiger partial charge in [0.2, 0.25) is 0 Å². The van der Waals surface area contributed by atoms with Crippen LogP contribution in [-0.2, 0) is 0 Å². The predicted octanol–water partition coefficient (Wildman–Crippen LogP) is 4.47. The molecule has 0 atom stereocenters. The molecule has 0 heterocycles. The monoisotopic (exact) mass is 396 g/mol. The summed E-state index contributed by atoms with van der Waals surface area (Å²) in [5, 5.41) is 11.6. The van der Waals surface area contributed by atoms with E-state index in [-0.39, 0.29) is 10.0 Å². The molecule has 0 bridgehead atoms. The van der Waals surface area contributed by atoms with Gasteiger partial charge >= 0.3 is 0 Å². The van der Waals surface area contributed by atoms with Gasteiger partial charge in [0, 0.05) is 10.0 Å². The van der Waals surface area contributed by atoms with Crippen molar-refractivity contribution >= 4 is 43.5 Å². The summed E-state index contributed by atoms with van der Waals surface area (Å²) in [5.41, 5.74) is 0.881. The summed E-state index contributed by atoms with van der Waals surface area (Å²) >= 11 is 6.27. The first-order chi connectivity index (χ1) is 9.51. The van der Waals surface area contributed by atoms with Gasteiger partial charge in [-0.3, -0.25) is 4.79 Å². The minimum Gasteiger partial charge on any atom is -0.321 e. The second-order valence-electron chi connectivity index (χ2n) is 3.88. The van der Waals surface area contributed by atoms with Crippen molar-refractivity contribution < 1.29 is 9.18 Å². The molecule has 0 aliphatic heterocycles. The van der Waals surface area contributed by atoms with Crippen LogP contribution in [0, 0.1) is 17.1 Å². The third-order valence-electron chi connectivity index (χ3n) is 2.53. The van der Waals surface area contributed by atoms with E-state index in [0.29, 0.717) is 11.3 Å². The number of nitrogens with zero attached hydrogens (tertiary/aromatic N) is 1. The van der Waals surface area contributed by atoms with Crippen molar-refractivity contribution in [2.75, 3.05) is 5.32 Å². The number of nitriles is 1. The normalized spacial score (nSPS) is 9.90. The molecule has 0 aliphatic rings. The van der Waals surface area contributed by atoms with Crippen LogP contribution in [0.3, 0.4) is 0 Å². The van der Waals surface area contributed by atoms with E-state index < -0.39 is 11.7 Å². The van der Waals surface area contributed by atoms with E-state index >= 15 is 0 Å². The molecule has 0 saturated heterocycles. The minimum atomic E-state index is -0.519. The molecule has 2 rings (SSSR count). The molecular weight excluding hydrogens is 391 g/mol. The van der Waals surface area contributed by atoms with Crippen molar-refractivity contribution in [2.24, 2.45) is 0 Å². The van der Waals surface area contributed by atoms with E-state index in [1.807, 2.05) is 6.07 Å². The van der Waals surface area contributed by atoms with Crippen LogP contribution in [0.1, 0.15) is 15.9 Å². The standard InChI is InChI=1S/C14H7Br2FN2O/c15-10-2-4-13(9(5-10)7-18)19-14(20)8-1-3-11(16)12(17)6-8/h1-6H,(H,19,20). The smallest absolute Gasteiger partial charge is 0.255 e. The number of carbonyl (C=O) groups is 1. The lowest BCUT2D eigenvalue weighted by Gasteiger charge is -2.08. The van der Waals surface area contributed by atoms with Gasteiger partial charge in [-0.1, -0.05) is 15.9 Å². The first-order valence-electron chi connectivity index (χ1n) is 5.47. The second kappa shape index (κ2) is 6.16. The average Bonchev–Trinajstić information content (AvgIpc) is 2.43. The maximum absolute atomic E-state index is 13.4. The highest BCUT2D eigenvalue weighted by molar-refractivity contribution is 9.10. The van der Waals surface area contributed by atoms with Gasteiger partial charge in [-0.15, -0.1) is 0 Å². The maximum atomic E-state index is 13.4. The molecule has 0 aliphatic carbocycles. The minimum absolute atomic E-state index is 0.178. The van der Waals surface area contributed by atoms with E-state index in [9.17, 15) is 9.18 Å². The van der Waals surface area contributed by atoms with Crippen molar-refractivity contribution in [3.05, 3.63) is 62.3 Å². The molecule has 1 N–H and O–H groups in total. The number of benzene rings is 2. The molecule has 1 amide bonds. The van der Waals surface area contributed by atoms with E-state index in [0.717, 1.165) is 10.5 Å². The lowest BCUT2D eigenvalue weighted by atomic mass is 10.1. The first-order valence-corrected chi connectivity index (χ1v) is 7.06. The van der Waals surface area contributed by atoms with Gasteiger partial charge in [-0.05, 0) is 52.3 Å². The highest BCUT2D eigenvalue weighted by Crippen LogP contribution is 2.22. The Kier molecular flexibility index (Phi) is 4.53. The summed E-state index contributed by atoms with van der Waals surface area (Å²) in [6.07, 6.45) is 0. The van der Waals surface area contributed by atoms with Crippen molar-refractivity contribution in [1.29, 1.82) is 5.26 Å². The average molecular weight is 398 g/mol. The summed E-state index contributed by atoms with van der Waals surface area (Å²) in [5.74, 6) is -0.996. The lowest BCUT2D eigenvalue weighted by molar-refractivity contribution is 0.102. The molecule has 0 radical (unpaired) electrons. The lowest BCUT2D eigenvalue weighted by Crippen LogP contribution is -2.13. The summed E-state index contributed by atoms with van der Waals surface area (Å²) in [7, 11) is 0. The van der Waals surface area contributed by atoms with E-state index in [2.05, 4.69) is 37.2 Å². The third-order valence-corrected chi connectivity index (χ3v) is 3.67. The van der Waals surface area contributed by atoms with Crippen LogP contribution in [0.2, 0.25) is 0 Å². The summed E-state index contributed by atoms with van der Waals surface area (Å²) in [6, 6.07) is 11.0. The highest BCUT2D eigenvalue weighted by atomic mass is 79.9. The number of halogens is 3. The van der Waals surface area contributed by atoms with Crippen LogP contribution < -0.4 is 5.32 Å². The van der Waals surface area contributed by atoms with Crippen LogP contribution in [0.15, 0.2) is 45.3 Å². The summed E-state index contributed by atoms with van der Waals surface area (Å²) < 4.78 is 14.4. The predicted molar refractivity (Wildman–Crippen MR) is 80.9 cm³/mol. The van der Waals surface area contributed by atoms with Gasteiger partial charge in [0.05, 0.1) is 15.7 Å². The Hall–Kier alpha value is -1.71. The Morgan fingerprint density at radius 3 is 2.60 bits per heavy atom. The molecule has 3 nitrogen and oxygen atoms in total. The fraction of sp³-hybridized carbons (Fsp3) is 0. The number of anilines is 1. The summed E-state index contributed by atoms with van der Waals surface area (Å²) in [6.45, 7) is 0. The molecule has 6 heteroatoms. The zero-order chi connectivity index (χ0) is 14.7. The topological polar surface area (TPSA) is 52.9 Å². The van der Waals surface area contributed by atoms with Crippen LogP contribution in [0.25, 0.3) is 0 Å². The first kappa shape index (κ1) is 14.7. The zero-order valence-corrected chi connectivity index (χ0v) is 13.1. The van der Waals surface area contributed by atoms with Crippen LogP contribution in [0.5, 0.6) is 0 Å². The van der Waals surface area contributed by atoms with Crippen molar-refractivity contribution in [2.45, 2.75) is 0 Å². The quantitative estimate of drug-likeness (QED) is 0.812. The Bertz CT molecular complexity index is 726. The summed E-state index contributed by atoms with van der Waals surface area (Å²) in [4.78, 5) is 12.0. The van der Waals surface area contributed by atoms with Gasteiger partial charge in [0.25, 0.3) is 5.91 Å². The Balaban J connectivity index is 2.28. The largest absolute Gasteiger partial charge is 0.321 e. The third kappa shape index (κ3) is 3.24. The molecule has 100 valence electrons. The molecule has 20 heavy (non-hydrogen) atoms. The van der Waals surface area contributed by atoms with Gasteiger partial charge in [0.1, 0.15) is 11.9 Å². The number of hydrogen-bond donors (Lipinski definition) is 1. The Morgan fingerprint density at radius 1 is 1.20 bits per heavy atom. The van der Waals surface area contributed by atoms with Crippen molar-refractivity contribution in [1.82, 2.24) is 0 Å². The van der Waals surface area contributed by atoms with E-state index in [1.54, 1.807) is 18.2 Å². The Morgan fingerprint density at radius 2 is 1.95 bits per heavy atom. The maximum Gasteiger partial charge on any atom is 0.255 e.